The first kappa shape index (κ1) is 15.6. The van der Waals surface area contributed by atoms with Crippen LogP contribution in [-0.4, -0.2) is 34.4 Å². The maximum atomic E-state index is 12.9. The van der Waals surface area contributed by atoms with Crippen LogP contribution in [0.25, 0.3) is 0 Å². The van der Waals surface area contributed by atoms with Crippen LogP contribution >= 0.6 is 0 Å². The fourth-order valence-electron chi connectivity index (χ4n) is 3.77. The lowest BCUT2D eigenvalue weighted by molar-refractivity contribution is -0.0442. The van der Waals surface area contributed by atoms with Gasteiger partial charge in [-0.3, -0.25) is 9.59 Å². The molecule has 0 N–H and O–H groups in total. The molecule has 2 aliphatic rings. The Morgan fingerprint density at radius 1 is 1.16 bits per heavy atom. The Morgan fingerprint density at radius 3 is 2.80 bits per heavy atom. The maximum Gasteiger partial charge on any atom is 0.339 e. The second-order valence-corrected chi connectivity index (χ2v) is 6.60. The van der Waals surface area contributed by atoms with Crippen LogP contribution in [0.3, 0.4) is 0 Å². The quantitative estimate of drug-likeness (QED) is 0.742. The molecule has 0 unspecified atom stereocenters. The minimum Gasteiger partial charge on any atom is -0.449 e. The lowest BCUT2D eigenvalue weighted by Crippen LogP contribution is -2.49. The molecule has 1 aromatic carbocycles. The number of carbonyl (C=O) groups excluding carboxylic acids is 2. The molecule has 0 bridgehead atoms. The highest BCUT2D eigenvalue weighted by Crippen LogP contribution is 2.42. The Bertz CT molecular complexity index is 933. The SMILES string of the molecule is Cn1cccc(C(=O)N2CCC[C@]3(C2)OC(=O)c2ccccc23)c1=O. The molecule has 2 aromatic rings. The molecule has 1 atom stereocenters. The Kier molecular flexibility index (Phi) is 3.49. The second-order valence-electron chi connectivity index (χ2n) is 6.60. The molecule has 0 saturated carbocycles. The predicted octanol–water partition coefficient (Wildman–Crippen LogP) is 1.69. The van der Waals surface area contributed by atoms with Gasteiger partial charge in [0, 0.05) is 25.4 Å². The van der Waals surface area contributed by atoms with Gasteiger partial charge in [0.15, 0.2) is 5.60 Å². The molecule has 25 heavy (non-hydrogen) atoms. The summed E-state index contributed by atoms with van der Waals surface area (Å²) < 4.78 is 7.10. The predicted molar refractivity (Wildman–Crippen MR) is 90.4 cm³/mol. The first-order chi connectivity index (χ1) is 12.0. The van der Waals surface area contributed by atoms with Crippen LogP contribution in [0, 0.1) is 0 Å². The van der Waals surface area contributed by atoms with E-state index in [0.29, 0.717) is 24.9 Å². The number of esters is 1. The number of pyridine rings is 1. The minimum atomic E-state index is -0.804. The molecule has 1 spiro atoms. The van der Waals surface area contributed by atoms with E-state index in [4.69, 9.17) is 4.74 Å². The van der Waals surface area contributed by atoms with Crippen molar-refractivity contribution >= 4 is 11.9 Å². The highest BCUT2D eigenvalue weighted by molar-refractivity contribution is 5.96. The Hall–Kier alpha value is -2.89. The van der Waals surface area contributed by atoms with Gasteiger partial charge in [0.2, 0.25) is 0 Å². The van der Waals surface area contributed by atoms with Crippen molar-refractivity contribution in [3.63, 3.8) is 0 Å². The molecule has 1 amide bonds. The number of benzene rings is 1. The summed E-state index contributed by atoms with van der Waals surface area (Å²) in [5, 5.41) is 0. The molecule has 1 saturated heterocycles. The number of aromatic nitrogens is 1. The number of hydrogen-bond donors (Lipinski definition) is 0. The van der Waals surface area contributed by atoms with E-state index in [2.05, 4.69) is 0 Å². The van der Waals surface area contributed by atoms with Gasteiger partial charge in [0.05, 0.1) is 12.1 Å². The number of piperidine rings is 1. The third-order valence-electron chi connectivity index (χ3n) is 5.02. The van der Waals surface area contributed by atoms with Gasteiger partial charge in [0.1, 0.15) is 5.56 Å². The molecule has 1 fully saturated rings. The zero-order valence-corrected chi connectivity index (χ0v) is 13.9. The van der Waals surface area contributed by atoms with Crippen LogP contribution < -0.4 is 5.56 Å². The van der Waals surface area contributed by atoms with E-state index in [0.717, 1.165) is 5.56 Å². The molecule has 3 heterocycles. The van der Waals surface area contributed by atoms with Gasteiger partial charge in [0.25, 0.3) is 11.5 Å². The second kappa shape index (κ2) is 5.58. The van der Waals surface area contributed by atoms with E-state index < -0.39 is 5.60 Å². The number of nitrogens with zero attached hydrogens (tertiary/aromatic N) is 2. The third kappa shape index (κ3) is 2.36. The van der Waals surface area contributed by atoms with E-state index in [1.54, 1.807) is 42.4 Å². The van der Waals surface area contributed by atoms with Gasteiger partial charge in [-0.2, -0.15) is 0 Å². The van der Waals surface area contributed by atoms with Crippen molar-refractivity contribution < 1.29 is 14.3 Å². The normalized spacial score (nSPS) is 22.0. The van der Waals surface area contributed by atoms with Crippen LogP contribution in [0.15, 0.2) is 47.4 Å². The molecular formula is C19H18N2O4. The number of rotatable bonds is 1. The summed E-state index contributed by atoms with van der Waals surface area (Å²) in [6, 6.07) is 10.5. The summed E-state index contributed by atoms with van der Waals surface area (Å²) in [7, 11) is 1.62. The molecule has 4 rings (SSSR count). The van der Waals surface area contributed by atoms with Crippen molar-refractivity contribution in [3.05, 3.63) is 69.6 Å². The summed E-state index contributed by atoms with van der Waals surface area (Å²) in [6.45, 7) is 0.811. The van der Waals surface area contributed by atoms with E-state index >= 15 is 0 Å². The number of hydrogen-bond acceptors (Lipinski definition) is 4. The average molecular weight is 338 g/mol. The van der Waals surface area contributed by atoms with Crippen molar-refractivity contribution in [1.29, 1.82) is 0 Å². The molecule has 128 valence electrons. The van der Waals surface area contributed by atoms with Crippen LogP contribution in [-0.2, 0) is 17.4 Å². The number of carbonyl (C=O) groups is 2. The van der Waals surface area contributed by atoms with Gasteiger partial charge >= 0.3 is 5.97 Å². The Morgan fingerprint density at radius 2 is 1.96 bits per heavy atom. The van der Waals surface area contributed by atoms with Crippen molar-refractivity contribution in [2.45, 2.75) is 18.4 Å². The molecule has 6 heteroatoms. The van der Waals surface area contributed by atoms with Crippen LogP contribution in [0.1, 0.15) is 39.1 Å². The molecule has 1 aromatic heterocycles. The molecule has 6 nitrogen and oxygen atoms in total. The standard InChI is InChI=1S/C19H18N2O4/c1-20-10-4-7-14(16(20)22)17(23)21-11-5-9-19(12-21)15-8-3-2-6-13(15)18(24)25-19/h2-4,6-8,10H,5,9,11-12H2,1H3/t19-/m1/s1. The number of likely N-dealkylation sites (tertiary alicyclic amines) is 1. The Balaban J connectivity index is 1.69. The van der Waals surface area contributed by atoms with Crippen LogP contribution in [0.5, 0.6) is 0 Å². The molecule has 0 radical (unpaired) electrons. The number of aryl methyl sites for hydroxylation is 1. The van der Waals surface area contributed by atoms with Crippen molar-refractivity contribution in [1.82, 2.24) is 9.47 Å². The molecular weight excluding hydrogens is 320 g/mol. The van der Waals surface area contributed by atoms with Gasteiger partial charge in [-0.1, -0.05) is 18.2 Å². The van der Waals surface area contributed by atoms with E-state index in [1.807, 2.05) is 12.1 Å². The lowest BCUT2D eigenvalue weighted by atomic mass is 9.85. The number of ether oxygens (including phenoxy) is 1. The average Bonchev–Trinajstić information content (AvgIpc) is 2.89. The minimum absolute atomic E-state index is 0.139. The van der Waals surface area contributed by atoms with Crippen molar-refractivity contribution in [2.24, 2.45) is 7.05 Å². The largest absolute Gasteiger partial charge is 0.449 e. The van der Waals surface area contributed by atoms with E-state index in [-0.39, 0.29) is 29.5 Å². The van der Waals surface area contributed by atoms with Gasteiger partial charge in [-0.25, -0.2) is 4.79 Å². The molecule has 2 aliphatic heterocycles. The summed E-state index contributed by atoms with van der Waals surface area (Å²) in [5.41, 5.74) is 0.406. The summed E-state index contributed by atoms with van der Waals surface area (Å²) in [4.78, 5) is 39.0. The summed E-state index contributed by atoms with van der Waals surface area (Å²) in [6.07, 6.45) is 3.00. The van der Waals surface area contributed by atoms with Gasteiger partial charge in [-0.15, -0.1) is 0 Å². The zero-order chi connectivity index (χ0) is 17.6. The van der Waals surface area contributed by atoms with Crippen molar-refractivity contribution in [3.8, 4) is 0 Å². The lowest BCUT2D eigenvalue weighted by Gasteiger charge is -2.39. The smallest absolute Gasteiger partial charge is 0.339 e. The fraction of sp³-hybridized carbons (Fsp3) is 0.316. The van der Waals surface area contributed by atoms with Crippen molar-refractivity contribution in [2.75, 3.05) is 13.1 Å². The van der Waals surface area contributed by atoms with E-state index in [1.165, 1.54) is 4.57 Å². The Labute approximate surface area is 144 Å². The monoisotopic (exact) mass is 338 g/mol. The zero-order valence-electron chi connectivity index (χ0n) is 13.9. The van der Waals surface area contributed by atoms with Crippen LogP contribution in [0.4, 0.5) is 0 Å². The summed E-state index contributed by atoms with van der Waals surface area (Å²) >= 11 is 0. The van der Waals surface area contributed by atoms with E-state index in [9.17, 15) is 14.4 Å². The summed E-state index contributed by atoms with van der Waals surface area (Å²) in [5.74, 6) is -0.666. The maximum absolute atomic E-state index is 12.9. The first-order valence-electron chi connectivity index (χ1n) is 8.30. The highest BCUT2D eigenvalue weighted by atomic mass is 16.6. The number of fused-ring (bicyclic) bond motifs is 2. The topological polar surface area (TPSA) is 68.6 Å². The fourth-order valence-corrected chi connectivity index (χ4v) is 3.77. The first-order valence-corrected chi connectivity index (χ1v) is 8.30. The van der Waals surface area contributed by atoms with Gasteiger partial charge in [-0.05, 0) is 31.0 Å². The molecule has 0 aliphatic carbocycles. The highest BCUT2D eigenvalue weighted by Gasteiger charge is 2.48. The number of amides is 1. The third-order valence-corrected chi connectivity index (χ3v) is 5.02. The van der Waals surface area contributed by atoms with Crippen LogP contribution in [0.2, 0.25) is 0 Å². The van der Waals surface area contributed by atoms with Gasteiger partial charge < -0.3 is 14.2 Å².